The lowest BCUT2D eigenvalue weighted by Crippen LogP contribution is -2.39. The van der Waals surface area contributed by atoms with Crippen molar-refractivity contribution in [2.24, 2.45) is 7.05 Å². The minimum atomic E-state index is -0.0678. The number of morpholine rings is 1. The van der Waals surface area contributed by atoms with Gasteiger partial charge < -0.3 is 9.30 Å². The van der Waals surface area contributed by atoms with E-state index in [1.54, 1.807) is 4.68 Å². The lowest BCUT2D eigenvalue weighted by atomic mass is 10.2. The van der Waals surface area contributed by atoms with Crippen molar-refractivity contribution < 1.29 is 4.74 Å². The Morgan fingerprint density at radius 2 is 2.35 bits per heavy atom. The molecule has 1 saturated heterocycles. The number of ether oxygens (including phenoxy) is 1. The Morgan fingerprint density at radius 1 is 1.45 bits per heavy atom. The van der Waals surface area contributed by atoms with Crippen LogP contribution in [0.5, 0.6) is 0 Å². The molecule has 0 aromatic carbocycles. The van der Waals surface area contributed by atoms with Crippen LogP contribution in [0.4, 0.5) is 0 Å². The predicted molar refractivity (Wildman–Crippen MR) is 70.7 cm³/mol. The highest BCUT2D eigenvalue weighted by Gasteiger charge is 2.26. The van der Waals surface area contributed by atoms with E-state index in [0.29, 0.717) is 6.61 Å². The summed E-state index contributed by atoms with van der Waals surface area (Å²) in [7, 11) is 1.84. The van der Waals surface area contributed by atoms with Crippen molar-refractivity contribution in [1.29, 1.82) is 0 Å². The predicted octanol–water partition coefficient (Wildman–Crippen LogP) is -0.000000000000000222. The zero-order valence-electron chi connectivity index (χ0n) is 11.8. The Bertz CT molecular complexity index is 564. The second-order valence-electron chi connectivity index (χ2n) is 4.93. The van der Waals surface area contributed by atoms with Crippen LogP contribution in [-0.2, 0) is 24.9 Å². The number of imidazole rings is 1. The van der Waals surface area contributed by atoms with Gasteiger partial charge in [0.05, 0.1) is 18.6 Å². The van der Waals surface area contributed by atoms with Crippen molar-refractivity contribution in [1.82, 2.24) is 34.7 Å². The van der Waals surface area contributed by atoms with Gasteiger partial charge in [-0.15, -0.1) is 5.10 Å². The van der Waals surface area contributed by atoms with E-state index in [4.69, 9.17) is 4.74 Å². The number of aromatic nitrogens is 6. The third kappa shape index (κ3) is 2.56. The molecule has 1 aliphatic rings. The average Bonchev–Trinajstić information content (AvgIpc) is 3.08. The normalized spacial score (nSPS) is 20.4. The second kappa shape index (κ2) is 5.68. The third-order valence-electron chi connectivity index (χ3n) is 3.62. The van der Waals surface area contributed by atoms with Crippen molar-refractivity contribution >= 4 is 0 Å². The molecule has 8 heteroatoms. The molecule has 0 spiro atoms. The maximum atomic E-state index is 5.78. The Kier molecular flexibility index (Phi) is 3.75. The molecule has 1 atom stereocenters. The lowest BCUT2D eigenvalue weighted by molar-refractivity contribution is -0.0394. The molecule has 0 amide bonds. The number of rotatable bonds is 4. The van der Waals surface area contributed by atoms with Gasteiger partial charge >= 0.3 is 0 Å². The molecule has 3 heterocycles. The van der Waals surface area contributed by atoms with E-state index in [9.17, 15) is 0 Å². The quantitative estimate of drug-likeness (QED) is 0.783. The van der Waals surface area contributed by atoms with E-state index in [-0.39, 0.29) is 6.10 Å². The fraction of sp³-hybridized carbons (Fsp3) is 0.667. The van der Waals surface area contributed by atoms with Gasteiger partial charge in [-0.2, -0.15) is 0 Å². The zero-order valence-corrected chi connectivity index (χ0v) is 11.8. The monoisotopic (exact) mass is 277 g/mol. The van der Waals surface area contributed by atoms with Gasteiger partial charge in [0.1, 0.15) is 6.10 Å². The topological polar surface area (TPSA) is 73.9 Å². The van der Waals surface area contributed by atoms with Crippen molar-refractivity contribution in [3.8, 4) is 0 Å². The maximum Gasteiger partial charge on any atom is 0.181 e. The van der Waals surface area contributed by atoms with E-state index in [1.807, 2.05) is 19.6 Å². The minimum Gasteiger partial charge on any atom is -0.367 e. The standard InChI is InChI=1S/C12H19N7O/c1-3-19-9-13-6-10(19)7-18-4-5-20-11(8-18)12-14-15-16-17(12)2/h6,9,11H,3-5,7-8H2,1-2H3. The zero-order chi connectivity index (χ0) is 13.9. The SMILES string of the molecule is CCn1cncc1CN1CCOC(c2nnnn2C)C1. The molecule has 3 rings (SSSR count). The van der Waals surface area contributed by atoms with Crippen LogP contribution in [0.25, 0.3) is 0 Å². The fourth-order valence-corrected chi connectivity index (χ4v) is 2.51. The van der Waals surface area contributed by atoms with Crippen LogP contribution in [0.1, 0.15) is 24.5 Å². The highest BCUT2D eigenvalue weighted by atomic mass is 16.5. The summed E-state index contributed by atoms with van der Waals surface area (Å²) in [4.78, 5) is 6.56. The summed E-state index contributed by atoms with van der Waals surface area (Å²) in [5.41, 5.74) is 1.23. The molecule has 1 unspecified atom stereocenters. The molecule has 108 valence electrons. The summed E-state index contributed by atoms with van der Waals surface area (Å²) in [5.74, 6) is 0.777. The molecule has 2 aromatic rings. The van der Waals surface area contributed by atoms with Gasteiger partial charge in [-0.05, 0) is 17.4 Å². The molecule has 1 aliphatic heterocycles. The van der Waals surface area contributed by atoms with Gasteiger partial charge in [0.2, 0.25) is 0 Å². The molecule has 8 nitrogen and oxygen atoms in total. The van der Waals surface area contributed by atoms with Gasteiger partial charge in [-0.3, -0.25) is 4.90 Å². The first-order valence-electron chi connectivity index (χ1n) is 6.83. The highest BCUT2D eigenvalue weighted by molar-refractivity contribution is 4.99. The third-order valence-corrected chi connectivity index (χ3v) is 3.62. The van der Waals surface area contributed by atoms with E-state index >= 15 is 0 Å². The molecule has 0 saturated carbocycles. The smallest absolute Gasteiger partial charge is 0.181 e. The van der Waals surface area contributed by atoms with Crippen LogP contribution >= 0.6 is 0 Å². The van der Waals surface area contributed by atoms with Crippen LogP contribution in [0.15, 0.2) is 12.5 Å². The summed E-state index contributed by atoms with van der Waals surface area (Å²) in [5, 5.41) is 11.6. The number of nitrogens with zero attached hydrogens (tertiary/aromatic N) is 7. The van der Waals surface area contributed by atoms with Crippen LogP contribution in [-0.4, -0.2) is 54.4 Å². The van der Waals surface area contributed by atoms with Crippen molar-refractivity contribution in [2.75, 3.05) is 19.7 Å². The molecular formula is C12H19N7O. The van der Waals surface area contributed by atoms with Crippen LogP contribution in [0.3, 0.4) is 0 Å². The molecule has 0 bridgehead atoms. The lowest BCUT2D eigenvalue weighted by Gasteiger charge is -2.32. The van der Waals surface area contributed by atoms with E-state index in [2.05, 4.69) is 36.9 Å². The second-order valence-corrected chi connectivity index (χ2v) is 4.93. The molecule has 20 heavy (non-hydrogen) atoms. The van der Waals surface area contributed by atoms with E-state index in [1.165, 1.54) is 5.69 Å². The number of hydrogen-bond acceptors (Lipinski definition) is 6. The number of tetrazole rings is 1. The number of hydrogen-bond donors (Lipinski definition) is 0. The summed E-state index contributed by atoms with van der Waals surface area (Å²) in [6, 6.07) is 0. The Labute approximate surface area is 117 Å². The first-order valence-corrected chi connectivity index (χ1v) is 6.83. The van der Waals surface area contributed by atoms with Gasteiger partial charge in [0, 0.05) is 39.4 Å². The Hall–Kier alpha value is -1.80. The Morgan fingerprint density at radius 3 is 3.10 bits per heavy atom. The van der Waals surface area contributed by atoms with Gasteiger partial charge in [0.25, 0.3) is 0 Å². The van der Waals surface area contributed by atoms with Gasteiger partial charge in [-0.25, -0.2) is 9.67 Å². The van der Waals surface area contributed by atoms with E-state index < -0.39 is 0 Å². The first kappa shape index (κ1) is 13.2. The van der Waals surface area contributed by atoms with E-state index in [0.717, 1.165) is 32.0 Å². The first-order chi connectivity index (χ1) is 9.78. The summed E-state index contributed by atoms with van der Waals surface area (Å²) < 4.78 is 9.61. The van der Waals surface area contributed by atoms with Crippen molar-refractivity contribution in [2.45, 2.75) is 26.1 Å². The highest BCUT2D eigenvalue weighted by Crippen LogP contribution is 2.20. The summed E-state index contributed by atoms with van der Waals surface area (Å²) >= 11 is 0. The molecule has 2 aromatic heterocycles. The fourth-order valence-electron chi connectivity index (χ4n) is 2.51. The molecule has 1 fully saturated rings. The maximum absolute atomic E-state index is 5.78. The molecule has 0 N–H and O–H groups in total. The van der Waals surface area contributed by atoms with Crippen molar-refractivity contribution in [3.63, 3.8) is 0 Å². The Balaban J connectivity index is 1.68. The summed E-state index contributed by atoms with van der Waals surface area (Å²) in [6.07, 6.45) is 3.74. The van der Waals surface area contributed by atoms with Gasteiger partial charge in [0.15, 0.2) is 5.82 Å². The largest absolute Gasteiger partial charge is 0.367 e. The molecular weight excluding hydrogens is 258 g/mol. The minimum absolute atomic E-state index is 0.0678. The van der Waals surface area contributed by atoms with Crippen molar-refractivity contribution in [3.05, 3.63) is 24.0 Å². The average molecular weight is 277 g/mol. The van der Waals surface area contributed by atoms with Gasteiger partial charge in [-0.1, -0.05) is 0 Å². The van der Waals surface area contributed by atoms with Crippen LogP contribution in [0.2, 0.25) is 0 Å². The number of aryl methyl sites for hydroxylation is 2. The molecule has 0 aliphatic carbocycles. The summed E-state index contributed by atoms with van der Waals surface area (Å²) in [6.45, 7) is 6.34. The molecule has 0 radical (unpaired) electrons. The van der Waals surface area contributed by atoms with Crippen LogP contribution in [0, 0.1) is 0 Å². The van der Waals surface area contributed by atoms with Crippen LogP contribution < -0.4 is 0 Å².